The first-order chi connectivity index (χ1) is 8.74. The minimum absolute atomic E-state index is 0.0299. The van der Waals surface area contributed by atoms with Crippen molar-refractivity contribution < 1.29 is 9.21 Å². The van der Waals surface area contributed by atoms with Crippen molar-refractivity contribution in [2.45, 2.75) is 18.9 Å². The molecule has 1 unspecified atom stereocenters. The first kappa shape index (κ1) is 11.7. The number of benzene rings is 1. The van der Waals surface area contributed by atoms with Crippen molar-refractivity contribution in [1.29, 1.82) is 0 Å². The zero-order valence-corrected chi connectivity index (χ0v) is 11.3. The first-order valence-electron chi connectivity index (χ1n) is 5.95. The summed E-state index contributed by atoms with van der Waals surface area (Å²) in [6, 6.07) is 5.59. The molecule has 0 radical (unpaired) electrons. The SMILES string of the molecule is O=C(Nc1cc(Br)c2occc2c1)C1CCCN1. The average molecular weight is 309 g/mol. The fourth-order valence-corrected chi connectivity index (χ4v) is 2.82. The number of furan rings is 1. The monoisotopic (exact) mass is 308 g/mol. The van der Waals surface area contributed by atoms with Gasteiger partial charge in [0.25, 0.3) is 0 Å². The van der Waals surface area contributed by atoms with Crippen LogP contribution in [0, 0.1) is 0 Å². The van der Waals surface area contributed by atoms with E-state index in [4.69, 9.17) is 4.42 Å². The van der Waals surface area contributed by atoms with E-state index < -0.39 is 0 Å². The van der Waals surface area contributed by atoms with E-state index in [-0.39, 0.29) is 11.9 Å². The molecule has 4 nitrogen and oxygen atoms in total. The van der Waals surface area contributed by atoms with Gasteiger partial charge in [0, 0.05) is 11.1 Å². The van der Waals surface area contributed by atoms with E-state index in [1.165, 1.54) is 0 Å². The highest BCUT2D eigenvalue weighted by Gasteiger charge is 2.22. The van der Waals surface area contributed by atoms with Crippen molar-refractivity contribution in [2.24, 2.45) is 0 Å². The van der Waals surface area contributed by atoms with Gasteiger partial charge in [-0.05, 0) is 53.5 Å². The molecule has 1 fully saturated rings. The standard InChI is InChI=1S/C13H13BrN2O2/c14-10-7-9(6-8-3-5-18-12(8)10)16-13(17)11-2-1-4-15-11/h3,5-7,11,15H,1-2,4H2,(H,16,17). The van der Waals surface area contributed by atoms with Gasteiger partial charge in [-0.15, -0.1) is 0 Å². The molecular formula is C13H13BrN2O2. The molecule has 2 aromatic rings. The number of hydrogen-bond donors (Lipinski definition) is 2. The van der Waals surface area contributed by atoms with Crippen LogP contribution in [0.5, 0.6) is 0 Å². The van der Waals surface area contributed by atoms with Crippen molar-refractivity contribution in [3.8, 4) is 0 Å². The summed E-state index contributed by atoms with van der Waals surface area (Å²) in [6.45, 7) is 0.919. The third-order valence-corrected chi connectivity index (χ3v) is 3.74. The maximum absolute atomic E-state index is 12.0. The Balaban J connectivity index is 1.83. The molecule has 1 atom stereocenters. The largest absolute Gasteiger partial charge is 0.463 e. The summed E-state index contributed by atoms with van der Waals surface area (Å²) in [7, 11) is 0. The number of anilines is 1. The molecule has 1 aliphatic rings. The molecular weight excluding hydrogens is 296 g/mol. The van der Waals surface area contributed by atoms with Crippen molar-refractivity contribution in [3.63, 3.8) is 0 Å². The Hall–Kier alpha value is -1.33. The Morgan fingerprint density at radius 1 is 1.50 bits per heavy atom. The number of hydrogen-bond acceptors (Lipinski definition) is 3. The maximum Gasteiger partial charge on any atom is 0.241 e. The van der Waals surface area contributed by atoms with Gasteiger partial charge in [-0.25, -0.2) is 0 Å². The van der Waals surface area contributed by atoms with Gasteiger partial charge in [0.1, 0.15) is 5.58 Å². The van der Waals surface area contributed by atoms with Crippen molar-refractivity contribution in [3.05, 3.63) is 28.9 Å². The molecule has 2 N–H and O–H groups in total. The minimum Gasteiger partial charge on any atom is -0.463 e. The van der Waals surface area contributed by atoms with Crippen molar-refractivity contribution >= 4 is 38.5 Å². The van der Waals surface area contributed by atoms with Gasteiger partial charge >= 0.3 is 0 Å². The van der Waals surface area contributed by atoms with Crippen LogP contribution in [0.2, 0.25) is 0 Å². The summed E-state index contributed by atoms with van der Waals surface area (Å²) in [5, 5.41) is 7.09. The highest BCUT2D eigenvalue weighted by atomic mass is 79.9. The summed E-state index contributed by atoms with van der Waals surface area (Å²) in [4.78, 5) is 12.0. The molecule has 0 aliphatic carbocycles. The Labute approximate surface area is 113 Å². The van der Waals surface area contributed by atoms with Crippen LogP contribution in [0.15, 0.2) is 33.4 Å². The van der Waals surface area contributed by atoms with Gasteiger partial charge in [0.05, 0.1) is 16.8 Å². The molecule has 94 valence electrons. The number of rotatable bonds is 2. The molecule has 0 spiro atoms. The fraction of sp³-hybridized carbons (Fsp3) is 0.308. The van der Waals surface area contributed by atoms with Crippen LogP contribution in [-0.2, 0) is 4.79 Å². The van der Waals surface area contributed by atoms with E-state index >= 15 is 0 Å². The van der Waals surface area contributed by atoms with Gasteiger partial charge < -0.3 is 15.1 Å². The predicted molar refractivity (Wildman–Crippen MR) is 73.6 cm³/mol. The number of fused-ring (bicyclic) bond motifs is 1. The number of amides is 1. The number of nitrogens with one attached hydrogen (secondary N) is 2. The molecule has 18 heavy (non-hydrogen) atoms. The van der Waals surface area contributed by atoms with Crippen LogP contribution in [0.3, 0.4) is 0 Å². The molecule has 1 aromatic carbocycles. The number of carbonyl (C=O) groups is 1. The molecule has 1 aliphatic heterocycles. The third kappa shape index (κ3) is 2.15. The Morgan fingerprint density at radius 3 is 3.17 bits per heavy atom. The van der Waals surface area contributed by atoms with Crippen LogP contribution in [-0.4, -0.2) is 18.5 Å². The molecule has 5 heteroatoms. The minimum atomic E-state index is -0.0659. The second-order valence-corrected chi connectivity index (χ2v) is 5.29. The van der Waals surface area contributed by atoms with E-state index in [1.807, 2.05) is 18.2 Å². The van der Waals surface area contributed by atoms with Gasteiger partial charge in [-0.3, -0.25) is 4.79 Å². The van der Waals surface area contributed by atoms with Crippen molar-refractivity contribution in [1.82, 2.24) is 5.32 Å². The first-order valence-corrected chi connectivity index (χ1v) is 6.74. The lowest BCUT2D eigenvalue weighted by Crippen LogP contribution is -2.35. The molecule has 1 saturated heterocycles. The highest BCUT2D eigenvalue weighted by Crippen LogP contribution is 2.29. The molecule has 1 amide bonds. The lowest BCUT2D eigenvalue weighted by atomic mass is 10.2. The summed E-state index contributed by atoms with van der Waals surface area (Å²) in [6.07, 6.45) is 3.60. The zero-order valence-electron chi connectivity index (χ0n) is 9.70. The second-order valence-electron chi connectivity index (χ2n) is 4.44. The van der Waals surface area contributed by atoms with Crippen LogP contribution < -0.4 is 10.6 Å². The Bertz CT molecular complexity index is 588. The Morgan fingerprint density at radius 2 is 2.39 bits per heavy atom. The second kappa shape index (κ2) is 4.74. The van der Waals surface area contributed by atoms with Crippen LogP contribution in [0.25, 0.3) is 11.0 Å². The lowest BCUT2D eigenvalue weighted by Gasteiger charge is -2.11. The summed E-state index contributed by atoms with van der Waals surface area (Å²) >= 11 is 3.44. The Kier molecular flexibility index (Phi) is 3.09. The molecule has 0 saturated carbocycles. The van der Waals surface area contributed by atoms with Crippen LogP contribution >= 0.6 is 15.9 Å². The molecule has 3 rings (SSSR count). The molecule has 1 aromatic heterocycles. The number of halogens is 1. The zero-order chi connectivity index (χ0) is 12.5. The van der Waals surface area contributed by atoms with Gasteiger partial charge in [0.2, 0.25) is 5.91 Å². The summed E-state index contributed by atoms with van der Waals surface area (Å²) in [5.74, 6) is 0.0299. The van der Waals surface area contributed by atoms with Gasteiger partial charge in [-0.2, -0.15) is 0 Å². The highest BCUT2D eigenvalue weighted by molar-refractivity contribution is 9.10. The van der Waals surface area contributed by atoms with E-state index in [1.54, 1.807) is 6.26 Å². The predicted octanol–water partition coefficient (Wildman–Crippen LogP) is 2.89. The lowest BCUT2D eigenvalue weighted by molar-refractivity contribution is -0.117. The van der Waals surface area contributed by atoms with E-state index in [0.29, 0.717) is 0 Å². The average Bonchev–Trinajstić information content (AvgIpc) is 2.99. The van der Waals surface area contributed by atoms with Crippen molar-refractivity contribution in [2.75, 3.05) is 11.9 Å². The topological polar surface area (TPSA) is 54.3 Å². The normalized spacial score (nSPS) is 19.3. The van der Waals surface area contributed by atoms with Gasteiger partial charge in [-0.1, -0.05) is 0 Å². The number of carbonyl (C=O) groups excluding carboxylic acids is 1. The quantitative estimate of drug-likeness (QED) is 0.897. The molecule has 0 bridgehead atoms. The van der Waals surface area contributed by atoms with E-state index in [0.717, 1.165) is 40.5 Å². The third-order valence-electron chi connectivity index (χ3n) is 3.15. The van der Waals surface area contributed by atoms with Gasteiger partial charge in [0.15, 0.2) is 0 Å². The maximum atomic E-state index is 12.0. The smallest absolute Gasteiger partial charge is 0.241 e. The molecule has 2 heterocycles. The van der Waals surface area contributed by atoms with E-state index in [9.17, 15) is 4.79 Å². The van der Waals surface area contributed by atoms with Crippen LogP contribution in [0.4, 0.5) is 5.69 Å². The summed E-state index contributed by atoms with van der Waals surface area (Å²) in [5.41, 5.74) is 1.58. The van der Waals surface area contributed by atoms with E-state index in [2.05, 4.69) is 26.6 Å². The summed E-state index contributed by atoms with van der Waals surface area (Å²) < 4.78 is 6.18. The fourth-order valence-electron chi connectivity index (χ4n) is 2.25. The van der Waals surface area contributed by atoms with Crippen LogP contribution in [0.1, 0.15) is 12.8 Å².